The predicted octanol–water partition coefficient (Wildman–Crippen LogP) is 3.55. The molecule has 0 atom stereocenters. The molecule has 2 N–H and O–H groups in total. The molecule has 1 aromatic rings. The molecule has 0 spiro atoms. The summed E-state index contributed by atoms with van der Waals surface area (Å²) in [7, 11) is 0. The van der Waals surface area contributed by atoms with Gasteiger partial charge in [0.25, 0.3) is 0 Å². The van der Waals surface area contributed by atoms with Crippen LogP contribution in [0.2, 0.25) is 5.02 Å². The quantitative estimate of drug-likeness (QED) is 0.873. The Morgan fingerprint density at radius 1 is 1.40 bits per heavy atom. The van der Waals surface area contributed by atoms with Crippen LogP contribution < -0.4 is 10.6 Å². The molecule has 1 heterocycles. The lowest BCUT2D eigenvalue weighted by molar-refractivity contribution is 0.143. The zero-order valence-corrected chi connectivity index (χ0v) is 13.2. The van der Waals surface area contributed by atoms with Crippen LogP contribution in [0.5, 0.6) is 0 Å². The molecule has 0 radical (unpaired) electrons. The number of ether oxygens (including phenoxy) is 1. The molecular formula is C14H21ClN2O2S. The van der Waals surface area contributed by atoms with Gasteiger partial charge < -0.3 is 15.4 Å². The molecule has 20 heavy (non-hydrogen) atoms. The van der Waals surface area contributed by atoms with Gasteiger partial charge in [-0.05, 0) is 44.1 Å². The normalized spacial score (nSPS) is 22.5. The molecule has 1 aromatic heterocycles. The molecule has 1 fully saturated rings. The van der Waals surface area contributed by atoms with Crippen LogP contribution >= 0.6 is 22.9 Å². The molecular weight excluding hydrogens is 296 g/mol. The largest absolute Gasteiger partial charge is 0.450 e. The minimum atomic E-state index is -0.297. The molecule has 1 aliphatic rings. The molecule has 1 amide bonds. The first-order chi connectivity index (χ1) is 9.69. The second kappa shape index (κ2) is 7.86. The Kier molecular flexibility index (Phi) is 6.13. The van der Waals surface area contributed by atoms with Crippen LogP contribution in [0.3, 0.4) is 0 Å². The van der Waals surface area contributed by atoms with Crippen LogP contribution in [0.4, 0.5) is 4.79 Å². The van der Waals surface area contributed by atoms with E-state index in [0.717, 1.165) is 37.3 Å². The maximum atomic E-state index is 11.3. The summed E-state index contributed by atoms with van der Waals surface area (Å²) in [5.74, 6) is 0. The lowest BCUT2D eigenvalue weighted by atomic mass is 9.91. The van der Waals surface area contributed by atoms with Gasteiger partial charge in [-0.2, -0.15) is 0 Å². The number of amides is 1. The second-order valence-corrected chi connectivity index (χ2v) is 6.39. The van der Waals surface area contributed by atoms with Gasteiger partial charge in [0.15, 0.2) is 0 Å². The van der Waals surface area contributed by atoms with Gasteiger partial charge in [0.1, 0.15) is 0 Å². The first kappa shape index (κ1) is 15.6. The molecule has 0 aliphatic heterocycles. The number of hydrogen-bond donors (Lipinski definition) is 2. The summed E-state index contributed by atoms with van der Waals surface area (Å²) in [5.41, 5.74) is 0. The number of carbonyl (C=O) groups is 1. The van der Waals surface area contributed by atoms with Crippen LogP contribution in [0.15, 0.2) is 11.4 Å². The van der Waals surface area contributed by atoms with Crippen LogP contribution in [-0.4, -0.2) is 24.8 Å². The van der Waals surface area contributed by atoms with Crippen LogP contribution in [-0.2, 0) is 11.3 Å². The zero-order valence-electron chi connectivity index (χ0n) is 11.7. The van der Waals surface area contributed by atoms with E-state index in [0.29, 0.717) is 12.6 Å². The number of rotatable bonds is 5. The van der Waals surface area contributed by atoms with Gasteiger partial charge in [0, 0.05) is 23.5 Å². The van der Waals surface area contributed by atoms with E-state index in [1.807, 2.05) is 18.4 Å². The van der Waals surface area contributed by atoms with Gasteiger partial charge in [0.05, 0.1) is 11.6 Å². The third-order valence-corrected chi connectivity index (χ3v) is 4.95. The molecule has 0 bridgehead atoms. The summed E-state index contributed by atoms with van der Waals surface area (Å²) < 4.78 is 4.90. The summed E-state index contributed by atoms with van der Waals surface area (Å²) in [6, 6.07) is 2.69. The van der Waals surface area contributed by atoms with E-state index in [1.165, 1.54) is 4.88 Å². The molecule has 2 rings (SSSR count). The summed E-state index contributed by atoms with van der Waals surface area (Å²) in [6.45, 7) is 3.07. The van der Waals surface area contributed by atoms with Gasteiger partial charge in [-0.25, -0.2) is 4.79 Å². The average Bonchev–Trinajstić information content (AvgIpc) is 2.84. The Hall–Kier alpha value is -0.780. The molecule has 1 saturated carbocycles. The molecule has 112 valence electrons. The second-order valence-electron chi connectivity index (χ2n) is 4.99. The van der Waals surface area contributed by atoms with Crippen LogP contribution in [0.25, 0.3) is 0 Å². The topological polar surface area (TPSA) is 50.4 Å². The van der Waals surface area contributed by atoms with Gasteiger partial charge >= 0.3 is 6.09 Å². The zero-order chi connectivity index (χ0) is 14.4. The fraction of sp³-hybridized carbons (Fsp3) is 0.643. The smallest absolute Gasteiger partial charge is 0.407 e. The molecule has 4 nitrogen and oxygen atoms in total. The predicted molar refractivity (Wildman–Crippen MR) is 82.4 cm³/mol. The molecule has 6 heteroatoms. The average molecular weight is 317 g/mol. The number of nitrogens with one attached hydrogen (secondary N) is 2. The Morgan fingerprint density at radius 3 is 2.70 bits per heavy atom. The monoisotopic (exact) mass is 316 g/mol. The summed E-state index contributed by atoms with van der Waals surface area (Å²) in [5, 5.41) is 9.32. The van der Waals surface area contributed by atoms with E-state index in [9.17, 15) is 4.79 Å². The molecule has 0 aromatic carbocycles. The van der Waals surface area contributed by atoms with E-state index in [-0.39, 0.29) is 12.1 Å². The van der Waals surface area contributed by atoms with Gasteiger partial charge in [-0.3, -0.25) is 0 Å². The van der Waals surface area contributed by atoms with E-state index in [2.05, 4.69) is 10.6 Å². The van der Waals surface area contributed by atoms with Crippen molar-refractivity contribution < 1.29 is 9.53 Å². The number of alkyl carbamates (subject to hydrolysis) is 1. The fourth-order valence-corrected chi connectivity index (χ4v) is 3.52. The van der Waals surface area contributed by atoms with Crippen molar-refractivity contribution in [1.29, 1.82) is 0 Å². The van der Waals surface area contributed by atoms with Gasteiger partial charge in [-0.15, -0.1) is 11.3 Å². The van der Waals surface area contributed by atoms with Crippen LogP contribution in [0.1, 0.15) is 37.5 Å². The van der Waals surface area contributed by atoms with E-state index >= 15 is 0 Å². The number of carbonyl (C=O) groups excluding carboxylic acids is 1. The van der Waals surface area contributed by atoms with Crippen molar-refractivity contribution in [3.8, 4) is 0 Å². The van der Waals surface area contributed by atoms with Crippen molar-refractivity contribution in [2.75, 3.05) is 6.61 Å². The number of thiophene rings is 1. The van der Waals surface area contributed by atoms with Crippen molar-refractivity contribution in [3.05, 3.63) is 21.3 Å². The molecule has 0 unspecified atom stereocenters. The van der Waals surface area contributed by atoms with E-state index in [4.69, 9.17) is 16.3 Å². The lowest BCUT2D eigenvalue weighted by Gasteiger charge is -2.29. The summed E-state index contributed by atoms with van der Waals surface area (Å²) in [6.07, 6.45) is 3.83. The highest BCUT2D eigenvalue weighted by molar-refractivity contribution is 7.10. The molecule has 0 saturated heterocycles. The number of halogens is 1. The first-order valence-electron chi connectivity index (χ1n) is 7.07. The van der Waals surface area contributed by atoms with Crippen LogP contribution in [0, 0.1) is 0 Å². The maximum absolute atomic E-state index is 11.3. The Labute approximate surface area is 128 Å². The molecule has 1 aliphatic carbocycles. The lowest BCUT2D eigenvalue weighted by Crippen LogP contribution is -2.42. The first-order valence-corrected chi connectivity index (χ1v) is 8.33. The minimum absolute atomic E-state index is 0.248. The highest BCUT2D eigenvalue weighted by Crippen LogP contribution is 2.23. The SMILES string of the molecule is CCOC(=O)NC1CCC(NCc2sccc2Cl)CC1. The van der Waals surface area contributed by atoms with Gasteiger partial charge in [-0.1, -0.05) is 11.6 Å². The number of hydrogen-bond acceptors (Lipinski definition) is 4. The fourth-order valence-electron chi connectivity index (χ4n) is 2.47. The Morgan fingerprint density at radius 2 is 2.10 bits per heavy atom. The highest BCUT2D eigenvalue weighted by Gasteiger charge is 2.22. The van der Waals surface area contributed by atoms with Crippen molar-refractivity contribution in [2.45, 2.75) is 51.2 Å². The summed E-state index contributed by atoms with van der Waals surface area (Å²) >= 11 is 7.76. The van der Waals surface area contributed by atoms with Crippen molar-refractivity contribution >= 4 is 29.0 Å². The minimum Gasteiger partial charge on any atom is -0.450 e. The summed E-state index contributed by atoms with van der Waals surface area (Å²) in [4.78, 5) is 12.5. The third kappa shape index (κ3) is 4.65. The Balaban J connectivity index is 1.66. The van der Waals surface area contributed by atoms with Crippen molar-refractivity contribution in [1.82, 2.24) is 10.6 Å². The Bertz CT molecular complexity index is 431. The van der Waals surface area contributed by atoms with E-state index < -0.39 is 0 Å². The third-order valence-electron chi connectivity index (χ3n) is 3.57. The van der Waals surface area contributed by atoms with Crippen molar-refractivity contribution in [3.63, 3.8) is 0 Å². The highest BCUT2D eigenvalue weighted by atomic mass is 35.5. The van der Waals surface area contributed by atoms with Gasteiger partial charge in [0.2, 0.25) is 0 Å². The van der Waals surface area contributed by atoms with Crippen molar-refractivity contribution in [2.24, 2.45) is 0 Å². The maximum Gasteiger partial charge on any atom is 0.407 e. The standard InChI is InChI=1S/C14H21ClN2O2S/c1-2-19-14(18)17-11-5-3-10(4-6-11)16-9-13-12(15)7-8-20-13/h7-8,10-11,16H,2-6,9H2,1H3,(H,17,18). The van der Waals surface area contributed by atoms with E-state index in [1.54, 1.807) is 11.3 Å².